The van der Waals surface area contributed by atoms with Crippen molar-refractivity contribution in [1.82, 2.24) is 5.32 Å². The van der Waals surface area contributed by atoms with Crippen LogP contribution >= 0.6 is 0 Å². The smallest absolute Gasteiger partial charge is 0.277 e. The van der Waals surface area contributed by atoms with E-state index in [0.29, 0.717) is 12.1 Å². The lowest BCUT2D eigenvalue weighted by molar-refractivity contribution is -0.385. The first-order valence-electron chi connectivity index (χ1n) is 5.13. The number of nitrogens with zero attached hydrogens (tertiary/aromatic N) is 1. The number of aryl methyl sites for hydroxylation is 2. The number of nitro groups is 1. The molecule has 1 aromatic rings. The molecule has 0 saturated heterocycles. The summed E-state index contributed by atoms with van der Waals surface area (Å²) < 4.78 is 0. The first kappa shape index (κ1) is 12.4. The van der Waals surface area contributed by atoms with Crippen molar-refractivity contribution in [2.45, 2.75) is 13.8 Å². The van der Waals surface area contributed by atoms with Crippen LogP contribution < -0.4 is 5.32 Å². The van der Waals surface area contributed by atoms with Crippen molar-refractivity contribution in [3.63, 3.8) is 0 Å². The second-order valence-electron chi connectivity index (χ2n) is 3.73. The van der Waals surface area contributed by atoms with Crippen molar-refractivity contribution >= 4 is 11.8 Å². The van der Waals surface area contributed by atoms with Crippen molar-refractivity contribution in [1.29, 1.82) is 0 Å². The Labute approximate surface area is 95.1 Å². The number of rotatable bonds is 4. The van der Waals surface area contributed by atoms with Crippen LogP contribution in [0.4, 0.5) is 5.69 Å². The Hall–Kier alpha value is -1.68. The maximum atomic E-state index is 10.9. The number of benzene rings is 1. The Morgan fingerprint density at radius 1 is 1.44 bits per heavy atom. The Bertz CT molecular complexity index is 425. The molecule has 0 atom stereocenters. The van der Waals surface area contributed by atoms with Gasteiger partial charge < -0.3 is 5.32 Å². The summed E-state index contributed by atoms with van der Waals surface area (Å²) in [5, 5.41) is 13.9. The van der Waals surface area contributed by atoms with Crippen molar-refractivity contribution in [2.24, 2.45) is 0 Å². The zero-order chi connectivity index (χ0) is 12.1. The zero-order valence-corrected chi connectivity index (χ0v) is 9.78. The summed E-state index contributed by atoms with van der Waals surface area (Å²) in [7, 11) is 1.83. The van der Waals surface area contributed by atoms with E-state index in [-0.39, 0.29) is 10.6 Å². The number of hydrogen-bond acceptors (Lipinski definition) is 3. The molecule has 0 aliphatic carbocycles. The number of nitro benzene ring substituents is 1. The van der Waals surface area contributed by atoms with Gasteiger partial charge in [-0.05, 0) is 32.0 Å². The molecule has 0 aliphatic rings. The van der Waals surface area contributed by atoms with Crippen LogP contribution in [-0.4, -0.2) is 18.5 Å². The van der Waals surface area contributed by atoms with Gasteiger partial charge in [0.2, 0.25) is 0 Å². The maximum absolute atomic E-state index is 10.9. The van der Waals surface area contributed by atoms with Gasteiger partial charge in [-0.3, -0.25) is 10.1 Å². The molecule has 86 valence electrons. The van der Waals surface area contributed by atoms with E-state index >= 15 is 0 Å². The second kappa shape index (κ2) is 5.42. The van der Waals surface area contributed by atoms with E-state index in [2.05, 4.69) is 5.32 Å². The summed E-state index contributed by atoms with van der Waals surface area (Å²) in [6, 6.07) is 3.55. The maximum Gasteiger partial charge on any atom is 0.277 e. The quantitative estimate of drug-likeness (QED) is 0.626. The fourth-order valence-corrected chi connectivity index (χ4v) is 1.62. The largest absolute Gasteiger partial charge is 0.316 e. The fourth-order valence-electron chi connectivity index (χ4n) is 1.62. The number of hydrogen-bond donors (Lipinski definition) is 1. The summed E-state index contributed by atoms with van der Waals surface area (Å²) >= 11 is 0. The third-order valence-electron chi connectivity index (χ3n) is 2.31. The van der Waals surface area contributed by atoms with Crippen molar-refractivity contribution in [3.8, 4) is 0 Å². The third kappa shape index (κ3) is 2.90. The molecule has 0 unspecified atom stereocenters. The molecular weight excluding hydrogens is 204 g/mol. The van der Waals surface area contributed by atoms with Crippen LogP contribution in [0.1, 0.15) is 16.7 Å². The van der Waals surface area contributed by atoms with Gasteiger partial charge in [0.05, 0.1) is 10.5 Å². The molecule has 4 heteroatoms. The van der Waals surface area contributed by atoms with Gasteiger partial charge in [-0.1, -0.05) is 18.2 Å². The van der Waals surface area contributed by atoms with E-state index in [1.165, 1.54) is 0 Å². The lowest BCUT2D eigenvalue weighted by Crippen LogP contribution is -2.04. The van der Waals surface area contributed by atoms with Crippen LogP contribution in [0.25, 0.3) is 6.08 Å². The molecule has 0 amide bonds. The van der Waals surface area contributed by atoms with Gasteiger partial charge in [-0.25, -0.2) is 0 Å². The van der Waals surface area contributed by atoms with Crippen LogP contribution in [0.3, 0.4) is 0 Å². The average molecular weight is 220 g/mol. The van der Waals surface area contributed by atoms with Crippen LogP contribution in [-0.2, 0) is 0 Å². The predicted octanol–water partition coefficient (Wildman–Crippen LogP) is 2.44. The zero-order valence-electron chi connectivity index (χ0n) is 9.78. The SMILES string of the molecule is CNCC=Cc1c(C)cc(C)cc1[N+](=O)[O-]. The molecule has 0 heterocycles. The normalized spacial score (nSPS) is 10.9. The lowest BCUT2D eigenvalue weighted by atomic mass is 10.0. The van der Waals surface area contributed by atoms with Crippen LogP contribution in [0, 0.1) is 24.0 Å². The first-order valence-corrected chi connectivity index (χ1v) is 5.13. The van der Waals surface area contributed by atoms with E-state index in [9.17, 15) is 10.1 Å². The molecule has 0 fully saturated rings. The van der Waals surface area contributed by atoms with Gasteiger partial charge in [0.25, 0.3) is 5.69 Å². The molecule has 0 aromatic heterocycles. The second-order valence-corrected chi connectivity index (χ2v) is 3.73. The van der Waals surface area contributed by atoms with Gasteiger partial charge in [-0.2, -0.15) is 0 Å². The minimum atomic E-state index is -0.334. The van der Waals surface area contributed by atoms with Crippen molar-refractivity contribution in [2.75, 3.05) is 13.6 Å². The van der Waals surface area contributed by atoms with E-state index in [4.69, 9.17) is 0 Å². The highest BCUT2D eigenvalue weighted by Gasteiger charge is 2.14. The minimum absolute atomic E-state index is 0.171. The molecule has 4 nitrogen and oxygen atoms in total. The molecule has 0 aliphatic heterocycles. The monoisotopic (exact) mass is 220 g/mol. The molecule has 1 aromatic carbocycles. The summed E-state index contributed by atoms with van der Waals surface area (Å²) in [5.41, 5.74) is 2.70. The highest BCUT2D eigenvalue weighted by atomic mass is 16.6. The Morgan fingerprint density at radius 2 is 2.12 bits per heavy atom. The molecular formula is C12H16N2O2. The topological polar surface area (TPSA) is 55.2 Å². The van der Waals surface area contributed by atoms with Gasteiger partial charge in [0.15, 0.2) is 0 Å². The molecule has 0 saturated carbocycles. The molecule has 16 heavy (non-hydrogen) atoms. The van der Waals surface area contributed by atoms with Crippen molar-refractivity contribution in [3.05, 3.63) is 45.0 Å². The summed E-state index contributed by atoms with van der Waals surface area (Å²) in [4.78, 5) is 10.6. The molecule has 0 spiro atoms. The molecule has 0 bridgehead atoms. The Kier molecular flexibility index (Phi) is 4.19. The van der Waals surface area contributed by atoms with Gasteiger partial charge in [0, 0.05) is 12.6 Å². The lowest BCUT2D eigenvalue weighted by Gasteiger charge is -2.04. The summed E-state index contributed by atoms with van der Waals surface area (Å²) in [6.07, 6.45) is 3.67. The van der Waals surface area contributed by atoms with E-state index in [0.717, 1.165) is 11.1 Å². The standard InChI is InChI=1S/C12H16N2O2/c1-9-7-10(2)11(5-4-6-13-3)12(8-9)14(15)16/h4-5,7-8,13H,6H2,1-3H3. The first-order chi connectivity index (χ1) is 7.56. The van der Waals surface area contributed by atoms with E-state index in [1.54, 1.807) is 12.1 Å². The number of nitrogens with one attached hydrogen (secondary N) is 1. The Morgan fingerprint density at radius 3 is 2.69 bits per heavy atom. The number of likely N-dealkylation sites (N-methyl/N-ethyl adjacent to an activating group) is 1. The molecule has 0 radical (unpaired) electrons. The summed E-state index contributed by atoms with van der Waals surface area (Å²) in [6.45, 7) is 4.45. The van der Waals surface area contributed by atoms with Gasteiger partial charge in [-0.15, -0.1) is 0 Å². The van der Waals surface area contributed by atoms with Crippen LogP contribution in [0.15, 0.2) is 18.2 Å². The highest BCUT2D eigenvalue weighted by molar-refractivity contribution is 5.65. The van der Waals surface area contributed by atoms with Crippen LogP contribution in [0.2, 0.25) is 0 Å². The molecule has 1 N–H and O–H groups in total. The van der Waals surface area contributed by atoms with Gasteiger partial charge >= 0.3 is 0 Å². The summed E-state index contributed by atoms with van der Waals surface area (Å²) in [5.74, 6) is 0. The molecule has 1 rings (SSSR count). The minimum Gasteiger partial charge on any atom is -0.316 e. The Balaban J connectivity index is 3.19. The average Bonchev–Trinajstić information content (AvgIpc) is 2.20. The van der Waals surface area contributed by atoms with E-state index < -0.39 is 0 Å². The van der Waals surface area contributed by atoms with E-state index in [1.807, 2.05) is 33.0 Å². The predicted molar refractivity (Wildman–Crippen MR) is 65.5 cm³/mol. The van der Waals surface area contributed by atoms with Crippen LogP contribution in [0.5, 0.6) is 0 Å². The van der Waals surface area contributed by atoms with Gasteiger partial charge in [0.1, 0.15) is 0 Å². The fraction of sp³-hybridized carbons (Fsp3) is 0.333. The van der Waals surface area contributed by atoms with Crippen molar-refractivity contribution < 1.29 is 4.92 Å². The third-order valence-corrected chi connectivity index (χ3v) is 2.31. The highest BCUT2D eigenvalue weighted by Crippen LogP contribution is 2.25.